The second-order valence-electron chi connectivity index (χ2n) is 8.74. The molecular weight excluding hydrogens is 464 g/mol. The quantitative estimate of drug-likeness (QED) is 0.339. The van der Waals surface area contributed by atoms with Gasteiger partial charge >= 0.3 is 0 Å². The molecule has 9 heteroatoms. The molecule has 0 radical (unpaired) electrons. The Hall–Kier alpha value is -3.56. The lowest BCUT2D eigenvalue weighted by atomic mass is 9.93. The molecule has 36 heavy (non-hydrogen) atoms. The number of Topliss-reactive ketones (excluding diaryl/α,β-unsaturated/α-hetero) is 1. The van der Waals surface area contributed by atoms with Gasteiger partial charge in [-0.05, 0) is 48.9 Å². The van der Waals surface area contributed by atoms with Crippen LogP contribution in [0.3, 0.4) is 0 Å². The largest absolute Gasteiger partial charge is 0.507 e. The smallest absolute Gasteiger partial charge is 0.295 e. The molecule has 2 heterocycles. The van der Waals surface area contributed by atoms with Gasteiger partial charge in [0.05, 0.1) is 46.2 Å². The number of hydrogen-bond acceptors (Lipinski definition) is 8. The molecule has 1 atom stereocenters. The summed E-state index contributed by atoms with van der Waals surface area (Å²) in [6.45, 7) is 5.44. The van der Waals surface area contributed by atoms with Crippen LogP contribution in [0.4, 0.5) is 0 Å². The van der Waals surface area contributed by atoms with Gasteiger partial charge < -0.3 is 29.0 Å². The number of likely N-dealkylation sites (tertiary alicyclic amines) is 1. The monoisotopic (exact) mass is 496 g/mol. The van der Waals surface area contributed by atoms with Crippen LogP contribution in [0.15, 0.2) is 42.0 Å². The number of nitrogens with zero attached hydrogens (tertiary/aromatic N) is 2. The molecule has 1 N–H and O–H groups in total. The number of morpholine rings is 1. The summed E-state index contributed by atoms with van der Waals surface area (Å²) in [5.74, 6) is 0.0188. The minimum Gasteiger partial charge on any atom is -0.507 e. The predicted molar refractivity (Wildman–Crippen MR) is 134 cm³/mol. The summed E-state index contributed by atoms with van der Waals surface area (Å²) in [6.07, 6.45) is 0. The molecule has 0 saturated carbocycles. The summed E-state index contributed by atoms with van der Waals surface area (Å²) in [4.78, 5) is 30.5. The van der Waals surface area contributed by atoms with Gasteiger partial charge in [0.25, 0.3) is 11.7 Å². The lowest BCUT2D eigenvalue weighted by molar-refractivity contribution is -0.140. The minimum atomic E-state index is -0.849. The lowest BCUT2D eigenvalue weighted by Gasteiger charge is -2.31. The number of methoxy groups -OCH3 is 3. The van der Waals surface area contributed by atoms with Gasteiger partial charge in [-0.3, -0.25) is 14.5 Å². The average Bonchev–Trinajstić information content (AvgIpc) is 3.16. The topological polar surface area (TPSA) is 97.8 Å². The van der Waals surface area contributed by atoms with E-state index in [9.17, 15) is 14.7 Å². The number of hydrogen-bond donors (Lipinski definition) is 1. The highest BCUT2D eigenvalue weighted by Gasteiger charge is 2.47. The van der Waals surface area contributed by atoms with Gasteiger partial charge in [0.2, 0.25) is 0 Å². The fourth-order valence-corrected chi connectivity index (χ4v) is 4.73. The van der Waals surface area contributed by atoms with Crippen molar-refractivity contribution in [1.82, 2.24) is 9.80 Å². The third-order valence-corrected chi connectivity index (χ3v) is 6.72. The highest BCUT2D eigenvalue weighted by atomic mass is 16.5. The summed E-state index contributed by atoms with van der Waals surface area (Å²) < 4.78 is 21.7. The third kappa shape index (κ3) is 4.89. The number of benzene rings is 2. The Labute approximate surface area is 210 Å². The number of aliphatic hydroxyl groups is 1. The van der Waals surface area contributed by atoms with Crippen molar-refractivity contribution in [2.75, 3.05) is 60.7 Å². The molecule has 0 aliphatic carbocycles. The first-order chi connectivity index (χ1) is 17.4. The Kier molecular flexibility index (Phi) is 7.81. The molecule has 0 spiro atoms. The number of carbonyl (C=O) groups excluding carboxylic acids is 2. The van der Waals surface area contributed by atoms with E-state index in [1.165, 1.54) is 12.0 Å². The summed E-state index contributed by atoms with van der Waals surface area (Å²) in [5, 5.41) is 11.4. The summed E-state index contributed by atoms with van der Waals surface area (Å²) >= 11 is 0. The minimum absolute atomic E-state index is 0.0156. The first-order valence-corrected chi connectivity index (χ1v) is 11.8. The van der Waals surface area contributed by atoms with Gasteiger partial charge in [-0.2, -0.15) is 0 Å². The van der Waals surface area contributed by atoms with E-state index in [0.29, 0.717) is 60.2 Å². The zero-order valence-corrected chi connectivity index (χ0v) is 21.1. The van der Waals surface area contributed by atoms with Crippen LogP contribution in [0.1, 0.15) is 22.7 Å². The number of aliphatic hydroxyl groups excluding tert-OH is 1. The van der Waals surface area contributed by atoms with E-state index in [-0.39, 0.29) is 11.3 Å². The number of amides is 1. The van der Waals surface area contributed by atoms with E-state index in [4.69, 9.17) is 18.9 Å². The van der Waals surface area contributed by atoms with E-state index < -0.39 is 17.7 Å². The number of rotatable bonds is 8. The third-order valence-electron chi connectivity index (χ3n) is 6.72. The van der Waals surface area contributed by atoms with E-state index in [1.807, 2.05) is 6.92 Å². The zero-order valence-electron chi connectivity index (χ0n) is 21.1. The van der Waals surface area contributed by atoms with Crippen molar-refractivity contribution in [2.24, 2.45) is 0 Å². The van der Waals surface area contributed by atoms with Crippen LogP contribution >= 0.6 is 0 Å². The van der Waals surface area contributed by atoms with E-state index in [0.717, 1.165) is 13.1 Å². The summed E-state index contributed by atoms with van der Waals surface area (Å²) in [5.41, 5.74) is 1.74. The molecule has 2 aliphatic rings. The van der Waals surface area contributed by atoms with Gasteiger partial charge in [-0.1, -0.05) is 0 Å². The molecule has 2 aromatic rings. The molecule has 4 rings (SSSR count). The van der Waals surface area contributed by atoms with E-state index >= 15 is 0 Å². The molecule has 192 valence electrons. The predicted octanol–water partition coefficient (Wildman–Crippen LogP) is 2.77. The number of ether oxygens (including phenoxy) is 4. The molecule has 1 amide bonds. The molecule has 9 nitrogen and oxygen atoms in total. The van der Waals surface area contributed by atoms with Crippen molar-refractivity contribution >= 4 is 17.4 Å². The molecule has 0 unspecified atom stereocenters. The van der Waals surface area contributed by atoms with Crippen LogP contribution < -0.4 is 14.2 Å². The van der Waals surface area contributed by atoms with Crippen LogP contribution in [0, 0.1) is 6.92 Å². The molecule has 0 aromatic heterocycles. The SMILES string of the molecule is COc1ccc(/C(O)=C2\C(=O)C(=O)N(CCN3CCOCC3)[C@@H]2c2cc(OC)ccc2OC)c(C)c1. The molecule has 2 fully saturated rings. The Morgan fingerprint density at radius 2 is 1.64 bits per heavy atom. The van der Waals surface area contributed by atoms with E-state index in [2.05, 4.69) is 4.90 Å². The van der Waals surface area contributed by atoms with Crippen molar-refractivity contribution < 1.29 is 33.6 Å². The van der Waals surface area contributed by atoms with Crippen molar-refractivity contribution in [3.63, 3.8) is 0 Å². The Morgan fingerprint density at radius 3 is 2.28 bits per heavy atom. The van der Waals surface area contributed by atoms with Gasteiger partial charge in [0, 0.05) is 37.3 Å². The first-order valence-electron chi connectivity index (χ1n) is 11.8. The van der Waals surface area contributed by atoms with Crippen LogP contribution in [0.25, 0.3) is 5.76 Å². The molecule has 2 aliphatic heterocycles. The van der Waals surface area contributed by atoms with Gasteiger partial charge in [0.1, 0.15) is 23.0 Å². The second-order valence-corrected chi connectivity index (χ2v) is 8.74. The maximum absolute atomic E-state index is 13.4. The number of aryl methyl sites for hydroxylation is 1. The maximum Gasteiger partial charge on any atom is 0.295 e. The molecule has 2 aromatic carbocycles. The fourth-order valence-electron chi connectivity index (χ4n) is 4.73. The maximum atomic E-state index is 13.4. The molecule has 0 bridgehead atoms. The summed E-state index contributed by atoms with van der Waals surface area (Å²) in [6, 6.07) is 9.53. The Bertz CT molecular complexity index is 1170. The van der Waals surface area contributed by atoms with Crippen molar-refractivity contribution in [1.29, 1.82) is 0 Å². The van der Waals surface area contributed by atoms with E-state index in [1.54, 1.807) is 50.6 Å². The average molecular weight is 497 g/mol. The Morgan fingerprint density at radius 1 is 0.972 bits per heavy atom. The van der Waals surface area contributed by atoms with Crippen LogP contribution in [0.2, 0.25) is 0 Å². The van der Waals surface area contributed by atoms with Crippen molar-refractivity contribution in [3.8, 4) is 17.2 Å². The summed E-state index contributed by atoms with van der Waals surface area (Å²) in [7, 11) is 4.63. The second kappa shape index (κ2) is 11.0. The zero-order chi connectivity index (χ0) is 25.8. The van der Waals surface area contributed by atoms with Crippen molar-refractivity contribution in [2.45, 2.75) is 13.0 Å². The highest BCUT2D eigenvalue weighted by Crippen LogP contribution is 2.44. The van der Waals surface area contributed by atoms with Crippen molar-refractivity contribution in [3.05, 3.63) is 58.7 Å². The normalized spacial score (nSPS) is 20.0. The van der Waals surface area contributed by atoms with Gasteiger partial charge in [-0.25, -0.2) is 0 Å². The van der Waals surface area contributed by atoms with Crippen LogP contribution in [0.5, 0.6) is 17.2 Å². The van der Waals surface area contributed by atoms with Gasteiger partial charge in [0.15, 0.2) is 0 Å². The standard InChI is InChI=1S/C27H32N2O7/c1-17-15-18(33-2)5-7-20(17)25(30)23-24(21-16-19(34-3)6-8-22(21)35-4)29(27(32)26(23)31)10-9-28-11-13-36-14-12-28/h5-8,15-16,24,30H,9-14H2,1-4H3/b25-23+/t24-/m1/s1. The van der Waals surface area contributed by atoms with Crippen LogP contribution in [-0.4, -0.2) is 87.3 Å². The number of ketones is 1. The van der Waals surface area contributed by atoms with Gasteiger partial charge in [-0.15, -0.1) is 0 Å². The molecular formula is C27H32N2O7. The Balaban J connectivity index is 1.84. The first kappa shape index (κ1) is 25.5. The lowest BCUT2D eigenvalue weighted by Crippen LogP contribution is -2.42. The highest BCUT2D eigenvalue weighted by molar-refractivity contribution is 6.46. The van der Waals surface area contributed by atoms with Crippen LogP contribution in [-0.2, 0) is 14.3 Å². The number of carbonyl (C=O) groups is 2. The molecule has 2 saturated heterocycles. The fraction of sp³-hybridized carbons (Fsp3) is 0.407.